The molecule has 0 radical (unpaired) electrons. The van der Waals surface area contributed by atoms with Gasteiger partial charge in [0.15, 0.2) is 0 Å². The molecule has 3 rings (SSSR count). The van der Waals surface area contributed by atoms with Crippen molar-refractivity contribution in [3.8, 4) is 0 Å². The van der Waals surface area contributed by atoms with Gasteiger partial charge in [0.25, 0.3) is 0 Å². The lowest BCUT2D eigenvalue weighted by atomic mass is 9.80. The summed E-state index contributed by atoms with van der Waals surface area (Å²) in [6, 6.07) is 0. The van der Waals surface area contributed by atoms with E-state index in [4.69, 9.17) is 11.6 Å². The zero-order chi connectivity index (χ0) is 13.7. The molecule has 102 valence electrons. The Morgan fingerprint density at radius 2 is 2.37 bits per heavy atom. The van der Waals surface area contributed by atoms with Crippen LogP contribution in [0.15, 0.2) is 15.7 Å². The number of nitrogens with zero attached hydrogens (tertiary/aromatic N) is 2. The monoisotopic (exact) mass is 343 g/mol. The summed E-state index contributed by atoms with van der Waals surface area (Å²) in [5.41, 5.74) is 0.0620. The molecule has 2 N–H and O–H groups in total. The lowest BCUT2D eigenvalue weighted by molar-refractivity contribution is 0.118. The smallest absolute Gasteiger partial charge is 0.131 e. The molecular formula is C13H15BrClN3O. The number of halogens is 2. The number of hydrogen-bond acceptors (Lipinski definition) is 4. The van der Waals surface area contributed by atoms with Gasteiger partial charge in [-0.1, -0.05) is 11.6 Å². The Hall–Kier alpha value is -0.650. The van der Waals surface area contributed by atoms with Gasteiger partial charge in [-0.25, -0.2) is 4.98 Å². The summed E-state index contributed by atoms with van der Waals surface area (Å²) >= 11 is 9.86. The minimum atomic E-state index is -0.830. The molecule has 1 spiro atoms. The zero-order valence-corrected chi connectivity index (χ0v) is 12.9. The fourth-order valence-electron chi connectivity index (χ4n) is 3.36. The SMILES string of the molecule is C/N=C/[C@@]1(O)CC[C@@]2(CNc3ncc(Br)c(Cl)c32)C1. The average Bonchev–Trinajstić information content (AvgIpc) is 2.88. The Morgan fingerprint density at radius 3 is 3.11 bits per heavy atom. The van der Waals surface area contributed by atoms with Gasteiger partial charge in [-0.3, -0.25) is 4.99 Å². The number of rotatable bonds is 1. The van der Waals surface area contributed by atoms with E-state index in [0.29, 0.717) is 17.9 Å². The van der Waals surface area contributed by atoms with Gasteiger partial charge in [-0.2, -0.15) is 0 Å². The molecule has 2 heterocycles. The molecule has 2 aliphatic rings. The molecule has 4 nitrogen and oxygen atoms in total. The maximum Gasteiger partial charge on any atom is 0.131 e. The molecule has 0 unspecified atom stereocenters. The Morgan fingerprint density at radius 1 is 1.58 bits per heavy atom. The Balaban J connectivity index is 2.06. The predicted molar refractivity (Wildman–Crippen MR) is 80.3 cm³/mol. The molecular weight excluding hydrogens is 330 g/mol. The van der Waals surface area contributed by atoms with E-state index in [1.165, 1.54) is 0 Å². The summed E-state index contributed by atoms with van der Waals surface area (Å²) in [7, 11) is 1.69. The van der Waals surface area contributed by atoms with Crippen LogP contribution in [0.2, 0.25) is 5.02 Å². The first-order valence-corrected chi connectivity index (χ1v) is 7.41. The third-order valence-corrected chi connectivity index (χ3v) is 5.37. The van der Waals surface area contributed by atoms with Crippen molar-refractivity contribution in [2.45, 2.75) is 30.3 Å². The molecule has 0 bridgehead atoms. The minimum absolute atomic E-state index is 0.140. The van der Waals surface area contributed by atoms with Crippen molar-refractivity contribution in [3.63, 3.8) is 0 Å². The van der Waals surface area contributed by atoms with Crippen LogP contribution in [0.3, 0.4) is 0 Å². The molecule has 1 aromatic rings. The van der Waals surface area contributed by atoms with Crippen LogP contribution in [0.4, 0.5) is 5.82 Å². The van der Waals surface area contributed by atoms with Crippen LogP contribution in [0.1, 0.15) is 24.8 Å². The average molecular weight is 345 g/mol. The van der Waals surface area contributed by atoms with E-state index in [0.717, 1.165) is 28.8 Å². The number of fused-ring (bicyclic) bond motifs is 2. The molecule has 19 heavy (non-hydrogen) atoms. The van der Waals surface area contributed by atoms with Crippen molar-refractivity contribution in [1.29, 1.82) is 0 Å². The van der Waals surface area contributed by atoms with Crippen molar-refractivity contribution >= 4 is 39.6 Å². The van der Waals surface area contributed by atoms with E-state index >= 15 is 0 Å². The van der Waals surface area contributed by atoms with Gasteiger partial charge in [0.1, 0.15) is 11.4 Å². The molecule has 2 atom stereocenters. The summed E-state index contributed by atoms with van der Waals surface area (Å²) in [5.74, 6) is 0.839. The standard InChI is InChI=1S/C13H15BrClN3O/c1-16-7-13(19)3-2-12(5-13)6-18-11-9(12)10(15)8(14)4-17-11/h4,7,19H,2-3,5-6H2,1H3,(H,17,18)/b16-7+/t12-,13+/m0/s1. The predicted octanol–water partition coefficient (Wildman–Crippen LogP) is 2.78. The van der Waals surface area contributed by atoms with Crippen LogP contribution in [-0.4, -0.2) is 35.5 Å². The van der Waals surface area contributed by atoms with Crippen molar-refractivity contribution in [2.24, 2.45) is 4.99 Å². The molecule has 1 saturated carbocycles. The third kappa shape index (κ3) is 1.99. The fraction of sp³-hybridized carbons (Fsp3) is 0.538. The first-order chi connectivity index (χ1) is 9.00. The highest BCUT2D eigenvalue weighted by atomic mass is 79.9. The second kappa shape index (κ2) is 4.43. The highest BCUT2D eigenvalue weighted by Crippen LogP contribution is 2.53. The van der Waals surface area contributed by atoms with E-state index in [1.807, 2.05) is 0 Å². The van der Waals surface area contributed by atoms with Crippen LogP contribution >= 0.6 is 27.5 Å². The van der Waals surface area contributed by atoms with Gasteiger partial charge in [-0.15, -0.1) is 0 Å². The lowest BCUT2D eigenvalue weighted by Crippen LogP contribution is -2.33. The second-order valence-corrected chi connectivity index (χ2v) is 6.68. The van der Waals surface area contributed by atoms with Crippen LogP contribution in [0.5, 0.6) is 0 Å². The van der Waals surface area contributed by atoms with E-state index in [2.05, 4.69) is 31.2 Å². The highest BCUT2D eigenvalue weighted by molar-refractivity contribution is 9.10. The number of aliphatic imine (C=N–C) groups is 1. The summed E-state index contributed by atoms with van der Waals surface area (Å²) < 4.78 is 0.801. The lowest BCUT2D eigenvalue weighted by Gasteiger charge is -2.26. The van der Waals surface area contributed by atoms with Gasteiger partial charge in [0.2, 0.25) is 0 Å². The van der Waals surface area contributed by atoms with Crippen molar-refractivity contribution in [3.05, 3.63) is 21.3 Å². The normalized spacial score (nSPS) is 33.1. The van der Waals surface area contributed by atoms with Gasteiger partial charge in [0.05, 0.1) is 9.50 Å². The Kier molecular flexibility index (Phi) is 3.11. The summed E-state index contributed by atoms with van der Waals surface area (Å²) in [6.07, 6.45) is 5.58. The number of hydrogen-bond donors (Lipinski definition) is 2. The van der Waals surface area contributed by atoms with Crippen molar-refractivity contribution in [2.75, 3.05) is 18.9 Å². The molecule has 0 aromatic carbocycles. The maximum atomic E-state index is 10.6. The number of pyridine rings is 1. The summed E-state index contributed by atoms with van der Waals surface area (Å²) in [6.45, 7) is 0.769. The van der Waals surface area contributed by atoms with E-state index in [1.54, 1.807) is 19.5 Å². The summed E-state index contributed by atoms with van der Waals surface area (Å²) in [4.78, 5) is 8.36. The number of aromatic nitrogens is 1. The van der Waals surface area contributed by atoms with Crippen LogP contribution in [0.25, 0.3) is 0 Å². The quantitative estimate of drug-likeness (QED) is 0.770. The van der Waals surface area contributed by atoms with Crippen molar-refractivity contribution < 1.29 is 5.11 Å². The molecule has 0 saturated heterocycles. The van der Waals surface area contributed by atoms with E-state index < -0.39 is 5.60 Å². The zero-order valence-electron chi connectivity index (χ0n) is 10.6. The first-order valence-electron chi connectivity index (χ1n) is 6.24. The minimum Gasteiger partial charge on any atom is -0.384 e. The van der Waals surface area contributed by atoms with Gasteiger partial charge >= 0.3 is 0 Å². The van der Waals surface area contributed by atoms with Crippen LogP contribution in [0, 0.1) is 0 Å². The topological polar surface area (TPSA) is 57.5 Å². The van der Waals surface area contributed by atoms with Crippen LogP contribution in [-0.2, 0) is 5.41 Å². The molecule has 1 aliphatic carbocycles. The summed E-state index contributed by atoms with van der Waals surface area (Å²) in [5, 5.41) is 14.6. The fourth-order valence-corrected chi connectivity index (χ4v) is 4.00. The molecule has 1 aromatic heterocycles. The number of nitrogens with one attached hydrogen (secondary N) is 1. The van der Waals surface area contributed by atoms with E-state index in [-0.39, 0.29) is 5.41 Å². The Labute approximate surface area is 125 Å². The molecule has 6 heteroatoms. The Bertz CT molecular complexity index is 565. The molecule has 0 amide bonds. The van der Waals surface area contributed by atoms with Crippen LogP contribution < -0.4 is 5.32 Å². The van der Waals surface area contributed by atoms with Gasteiger partial charge in [0, 0.05) is 37.0 Å². The largest absolute Gasteiger partial charge is 0.384 e. The maximum absolute atomic E-state index is 10.6. The van der Waals surface area contributed by atoms with Gasteiger partial charge in [-0.05, 0) is 35.2 Å². The highest BCUT2D eigenvalue weighted by Gasteiger charge is 2.52. The second-order valence-electron chi connectivity index (χ2n) is 5.45. The van der Waals surface area contributed by atoms with Gasteiger partial charge < -0.3 is 10.4 Å². The molecule has 1 aliphatic heterocycles. The number of aliphatic hydroxyl groups is 1. The van der Waals surface area contributed by atoms with Crippen molar-refractivity contribution in [1.82, 2.24) is 4.98 Å². The van der Waals surface area contributed by atoms with E-state index in [9.17, 15) is 5.11 Å². The third-order valence-electron chi connectivity index (χ3n) is 4.15. The number of anilines is 1. The molecule has 1 fully saturated rings. The first kappa shape index (κ1) is 13.3.